The number of ether oxygens (including phenoxy) is 3. The molecule has 2 aromatic carbocycles. The van der Waals surface area contributed by atoms with Gasteiger partial charge in [-0.3, -0.25) is 4.98 Å². The van der Waals surface area contributed by atoms with Crippen LogP contribution in [0.1, 0.15) is 88.6 Å². The molecule has 284 valence electrons. The van der Waals surface area contributed by atoms with E-state index in [9.17, 15) is 10.2 Å². The van der Waals surface area contributed by atoms with E-state index in [-0.39, 0.29) is 42.1 Å². The van der Waals surface area contributed by atoms with Gasteiger partial charge in [0.15, 0.2) is 0 Å². The number of oxime groups is 1. The zero-order valence-corrected chi connectivity index (χ0v) is 32.5. The lowest BCUT2D eigenvalue weighted by Gasteiger charge is -2.58. The quantitative estimate of drug-likeness (QED) is 0.0803. The van der Waals surface area contributed by atoms with Crippen molar-refractivity contribution in [3.63, 3.8) is 0 Å². The normalized spacial score (nSPS) is 25.5. The second-order valence-corrected chi connectivity index (χ2v) is 16.7. The van der Waals surface area contributed by atoms with E-state index in [1.807, 2.05) is 64.1 Å². The van der Waals surface area contributed by atoms with Crippen LogP contribution in [0.5, 0.6) is 11.5 Å². The van der Waals surface area contributed by atoms with E-state index in [2.05, 4.69) is 48.0 Å². The smallest absolute Gasteiger partial charge is 0.231 e. The summed E-state index contributed by atoms with van der Waals surface area (Å²) in [5.74, 6) is 0.700. The monoisotopic (exact) mass is 740 g/mol. The van der Waals surface area contributed by atoms with Crippen molar-refractivity contribution in [2.75, 3.05) is 19.8 Å². The number of nitrogens with zero attached hydrogens (tertiary/aromatic N) is 2. The van der Waals surface area contributed by atoms with Crippen molar-refractivity contribution >= 4 is 17.5 Å². The van der Waals surface area contributed by atoms with E-state index in [1.54, 1.807) is 17.8 Å². The van der Waals surface area contributed by atoms with E-state index < -0.39 is 11.4 Å². The number of aliphatic hydroxyl groups is 2. The highest BCUT2D eigenvalue weighted by molar-refractivity contribution is 8.00. The van der Waals surface area contributed by atoms with Crippen LogP contribution in [0.4, 0.5) is 0 Å². The molecule has 6 unspecified atom stereocenters. The molecule has 9 heteroatoms. The standard InChI is InChI=1S/C44H56N2O6S/c1-6-25-50-44-40(53-34-18-8-7-9-19-34)28-38(46-52-43(3,4)5)36-26-31(16-10-12-23-47)35(20-11-13-24-48)41(42(36)44)37-27-33(21-22-39(37)51-44)49-29-32-17-14-15-30(2)45-32/h6-9,14-15,17-19,21-22,26-27,31,35,40-42,47-48H,1,10-13,16,20,23-25,28-29H2,2-5H3. The van der Waals surface area contributed by atoms with Crippen LogP contribution in [0, 0.1) is 24.7 Å². The zero-order chi connectivity index (χ0) is 37.4. The number of benzene rings is 2. The van der Waals surface area contributed by atoms with Gasteiger partial charge in [0.05, 0.1) is 29.2 Å². The molecule has 1 aliphatic heterocycles. The summed E-state index contributed by atoms with van der Waals surface area (Å²) in [6.07, 6.45) is 9.96. The highest BCUT2D eigenvalue weighted by Crippen LogP contribution is 2.63. The second kappa shape index (κ2) is 17.7. The fourth-order valence-electron chi connectivity index (χ4n) is 8.21. The predicted octanol–water partition coefficient (Wildman–Crippen LogP) is 9.19. The van der Waals surface area contributed by atoms with Crippen LogP contribution >= 0.6 is 11.8 Å². The van der Waals surface area contributed by atoms with Crippen molar-refractivity contribution in [1.29, 1.82) is 0 Å². The zero-order valence-electron chi connectivity index (χ0n) is 31.7. The topological polar surface area (TPSA) is 103 Å². The van der Waals surface area contributed by atoms with E-state index in [0.717, 1.165) is 83.2 Å². The number of hydrogen-bond acceptors (Lipinski definition) is 9. The third-order valence-corrected chi connectivity index (χ3v) is 11.7. The minimum Gasteiger partial charge on any atom is -0.487 e. The average Bonchev–Trinajstić information content (AvgIpc) is 3.14. The number of aryl methyl sites for hydroxylation is 1. The van der Waals surface area contributed by atoms with Gasteiger partial charge in [0, 0.05) is 41.7 Å². The second-order valence-electron chi connectivity index (χ2n) is 15.4. The summed E-state index contributed by atoms with van der Waals surface area (Å²) >= 11 is 1.76. The molecule has 1 saturated carbocycles. The molecule has 53 heavy (non-hydrogen) atoms. The Hall–Kier alpha value is -3.63. The van der Waals surface area contributed by atoms with Crippen molar-refractivity contribution in [3.8, 4) is 11.5 Å². The lowest BCUT2D eigenvalue weighted by Crippen LogP contribution is -2.64. The average molecular weight is 741 g/mol. The van der Waals surface area contributed by atoms with Crippen LogP contribution in [-0.2, 0) is 16.2 Å². The van der Waals surface area contributed by atoms with E-state index in [4.69, 9.17) is 24.2 Å². The summed E-state index contributed by atoms with van der Waals surface area (Å²) in [5, 5.41) is 24.5. The molecule has 2 N–H and O–H groups in total. The van der Waals surface area contributed by atoms with E-state index >= 15 is 0 Å². The van der Waals surface area contributed by atoms with Gasteiger partial charge in [0.25, 0.3) is 0 Å². The Kier molecular flexibility index (Phi) is 13.0. The number of thioether (sulfide) groups is 1. The van der Waals surface area contributed by atoms with Gasteiger partial charge in [-0.25, -0.2) is 0 Å². The molecule has 3 aromatic rings. The lowest BCUT2D eigenvalue weighted by atomic mass is 9.56. The maximum atomic E-state index is 9.89. The molecule has 1 aromatic heterocycles. The third kappa shape index (κ3) is 9.19. The number of hydrogen-bond donors (Lipinski definition) is 2. The lowest BCUT2D eigenvalue weighted by molar-refractivity contribution is -0.223. The highest BCUT2D eigenvalue weighted by atomic mass is 32.2. The summed E-state index contributed by atoms with van der Waals surface area (Å²) in [6, 6.07) is 22.6. The Morgan fingerprint density at radius 3 is 2.49 bits per heavy atom. The Balaban J connectivity index is 1.53. The molecular formula is C44H56N2O6S. The van der Waals surface area contributed by atoms with Crippen molar-refractivity contribution in [2.24, 2.45) is 22.9 Å². The van der Waals surface area contributed by atoms with Gasteiger partial charge in [0.2, 0.25) is 5.79 Å². The van der Waals surface area contributed by atoms with Gasteiger partial charge in [-0.2, -0.15) is 0 Å². The first-order chi connectivity index (χ1) is 25.7. The largest absolute Gasteiger partial charge is 0.487 e. The summed E-state index contributed by atoms with van der Waals surface area (Å²) in [4.78, 5) is 12.0. The Morgan fingerprint density at radius 2 is 1.77 bits per heavy atom. The molecule has 6 atom stereocenters. The van der Waals surface area contributed by atoms with Gasteiger partial charge >= 0.3 is 0 Å². The van der Waals surface area contributed by atoms with Gasteiger partial charge in [0.1, 0.15) is 23.7 Å². The van der Waals surface area contributed by atoms with Gasteiger partial charge in [-0.15, -0.1) is 18.3 Å². The highest BCUT2D eigenvalue weighted by Gasteiger charge is 2.64. The molecular weight excluding hydrogens is 685 g/mol. The Bertz CT molecular complexity index is 1740. The summed E-state index contributed by atoms with van der Waals surface area (Å²) < 4.78 is 20.8. The van der Waals surface area contributed by atoms with Crippen LogP contribution < -0.4 is 9.47 Å². The first-order valence-corrected chi connectivity index (χ1v) is 20.1. The fraction of sp³-hybridized carbons (Fsp3) is 0.500. The minimum absolute atomic E-state index is 0.0129. The minimum atomic E-state index is -1.04. The predicted molar refractivity (Wildman–Crippen MR) is 211 cm³/mol. The number of fused-ring (bicyclic) bond motifs is 2. The molecule has 6 rings (SSSR count). The van der Waals surface area contributed by atoms with Crippen molar-refractivity contribution < 1.29 is 29.3 Å². The molecule has 1 fully saturated rings. The van der Waals surface area contributed by atoms with Gasteiger partial charge < -0.3 is 29.3 Å². The maximum Gasteiger partial charge on any atom is 0.231 e. The van der Waals surface area contributed by atoms with Crippen LogP contribution in [0.2, 0.25) is 0 Å². The maximum absolute atomic E-state index is 9.89. The van der Waals surface area contributed by atoms with Crippen molar-refractivity contribution in [3.05, 3.63) is 108 Å². The van der Waals surface area contributed by atoms with Gasteiger partial charge in [-0.05, 0) is 113 Å². The van der Waals surface area contributed by atoms with Crippen LogP contribution in [0.3, 0.4) is 0 Å². The van der Waals surface area contributed by atoms with Crippen molar-refractivity contribution in [2.45, 2.75) is 107 Å². The SMILES string of the molecule is C=CCOC12Oc3ccc(OCc4cccc(C)n4)cc3C3C(CCCCO)C(CCCCO)C=C(C(=NOC(C)(C)C)CC1Sc1ccccc1)C32. The van der Waals surface area contributed by atoms with Crippen LogP contribution in [-0.4, -0.2) is 57.4 Å². The van der Waals surface area contributed by atoms with Crippen LogP contribution in [0.15, 0.2) is 101 Å². The van der Waals surface area contributed by atoms with E-state index in [0.29, 0.717) is 19.6 Å². The summed E-state index contributed by atoms with van der Waals surface area (Å²) in [5.41, 5.74) is 4.48. The summed E-state index contributed by atoms with van der Waals surface area (Å²) in [6.45, 7) is 13.1. The Labute approximate surface area is 319 Å². The molecule has 0 saturated heterocycles. The number of pyridine rings is 1. The van der Waals surface area contributed by atoms with Gasteiger partial charge in [-0.1, -0.05) is 54.4 Å². The number of aromatic nitrogens is 1. The van der Waals surface area contributed by atoms with E-state index in [1.165, 1.54) is 0 Å². The number of unbranched alkanes of at least 4 members (excludes halogenated alkanes) is 2. The molecule has 0 spiro atoms. The molecule has 3 aliphatic rings. The molecule has 2 aliphatic carbocycles. The first kappa shape index (κ1) is 39.1. The molecule has 2 heterocycles. The number of aliphatic hydroxyl groups excluding tert-OH is 2. The number of rotatable bonds is 17. The third-order valence-electron chi connectivity index (χ3n) is 10.4. The summed E-state index contributed by atoms with van der Waals surface area (Å²) in [7, 11) is 0. The number of allylic oxidation sites excluding steroid dienone is 1. The fourth-order valence-corrected chi connectivity index (χ4v) is 9.52. The first-order valence-electron chi connectivity index (χ1n) is 19.2. The Morgan fingerprint density at radius 1 is 1.00 bits per heavy atom. The van der Waals surface area contributed by atoms with Crippen molar-refractivity contribution in [1.82, 2.24) is 4.98 Å². The molecule has 0 bridgehead atoms. The molecule has 0 radical (unpaired) electrons. The molecule has 8 nitrogen and oxygen atoms in total. The molecule has 0 amide bonds. The van der Waals surface area contributed by atoms with Crippen LogP contribution in [0.25, 0.3) is 0 Å².